The van der Waals surface area contributed by atoms with Gasteiger partial charge in [-0.05, 0) is 12.1 Å². The second kappa shape index (κ2) is 5.81. The van der Waals surface area contributed by atoms with E-state index in [1.54, 1.807) is 12.1 Å². The van der Waals surface area contributed by atoms with Crippen LogP contribution in [0.3, 0.4) is 0 Å². The van der Waals surface area contributed by atoms with Gasteiger partial charge in [-0.1, -0.05) is 11.6 Å². The number of nitrogens with one attached hydrogen (secondary N) is 2. The van der Waals surface area contributed by atoms with Crippen LogP contribution >= 0.6 is 22.9 Å². The maximum Gasteiger partial charge on any atom is 0.451 e. The van der Waals surface area contributed by atoms with E-state index in [1.165, 1.54) is 17.4 Å². The van der Waals surface area contributed by atoms with E-state index in [4.69, 9.17) is 17.4 Å². The highest BCUT2D eigenvalue weighted by Gasteiger charge is 2.35. The van der Waals surface area contributed by atoms with Crippen molar-refractivity contribution in [3.8, 4) is 0 Å². The third-order valence-electron chi connectivity index (χ3n) is 2.20. The Morgan fingerprint density at radius 3 is 2.50 bits per heavy atom. The van der Waals surface area contributed by atoms with E-state index in [2.05, 4.69) is 20.7 Å². The molecule has 0 radical (unpaired) electrons. The number of aromatic nitrogens is 2. The maximum atomic E-state index is 12.6. The third kappa shape index (κ3) is 3.71. The summed E-state index contributed by atoms with van der Waals surface area (Å²) in [5.74, 6) is 3.72. The molecular weight excluding hydrogens is 315 g/mol. The van der Waals surface area contributed by atoms with Crippen LogP contribution in [-0.2, 0) is 12.7 Å². The quantitative estimate of drug-likeness (QED) is 0.595. The highest BCUT2D eigenvalue weighted by atomic mass is 35.5. The van der Waals surface area contributed by atoms with Crippen molar-refractivity contribution in [3.05, 3.63) is 33.2 Å². The van der Waals surface area contributed by atoms with Crippen LogP contribution < -0.4 is 16.6 Å². The molecular formula is C10H9ClF3N5S. The second-order valence-corrected chi connectivity index (χ2v) is 5.46. The van der Waals surface area contributed by atoms with E-state index in [0.717, 1.165) is 4.88 Å². The summed E-state index contributed by atoms with van der Waals surface area (Å²) >= 11 is 7.09. The van der Waals surface area contributed by atoms with Crippen LogP contribution in [0.2, 0.25) is 4.34 Å². The molecule has 0 amide bonds. The highest BCUT2D eigenvalue weighted by Crippen LogP contribution is 2.28. The molecule has 0 aliphatic heterocycles. The van der Waals surface area contributed by atoms with Crippen LogP contribution in [0.4, 0.5) is 24.8 Å². The average molecular weight is 324 g/mol. The summed E-state index contributed by atoms with van der Waals surface area (Å²) in [6.45, 7) is 0.301. The minimum atomic E-state index is -4.64. The molecule has 0 fully saturated rings. The van der Waals surface area contributed by atoms with Crippen LogP contribution in [0.25, 0.3) is 0 Å². The summed E-state index contributed by atoms with van der Waals surface area (Å²) < 4.78 is 38.4. The lowest BCUT2D eigenvalue weighted by molar-refractivity contribution is -0.144. The first-order valence-electron chi connectivity index (χ1n) is 5.29. The molecule has 0 bridgehead atoms. The number of anilines is 2. The van der Waals surface area contributed by atoms with Crippen LogP contribution in [-0.4, -0.2) is 9.97 Å². The standard InChI is InChI=1S/C10H9ClF3N5S/c11-6-2-1-5(20-6)4-16-7-3-8(19-15)18-9(17-7)10(12,13)14/h1-3H,4,15H2,(H2,16,17,18,19). The number of alkyl halides is 3. The number of hydrazine groups is 1. The molecule has 108 valence electrons. The van der Waals surface area contributed by atoms with Crippen molar-refractivity contribution in [2.24, 2.45) is 5.84 Å². The van der Waals surface area contributed by atoms with E-state index in [-0.39, 0.29) is 11.6 Å². The van der Waals surface area contributed by atoms with Crippen molar-refractivity contribution in [2.45, 2.75) is 12.7 Å². The normalized spacial score (nSPS) is 11.4. The summed E-state index contributed by atoms with van der Waals surface area (Å²) in [6, 6.07) is 4.76. The smallest absolute Gasteiger partial charge is 0.365 e. The van der Waals surface area contributed by atoms with Gasteiger partial charge in [0.15, 0.2) is 0 Å². The fraction of sp³-hybridized carbons (Fsp3) is 0.200. The van der Waals surface area contributed by atoms with Crippen LogP contribution in [0.5, 0.6) is 0 Å². The first kappa shape index (κ1) is 14.8. The number of nitrogens with two attached hydrogens (primary N) is 1. The van der Waals surface area contributed by atoms with Crippen LogP contribution in [0.1, 0.15) is 10.7 Å². The van der Waals surface area contributed by atoms with E-state index in [9.17, 15) is 13.2 Å². The largest absolute Gasteiger partial charge is 0.451 e. The number of halogens is 4. The molecule has 0 aliphatic carbocycles. The molecule has 0 saturated heterocycles. The van der Waals surface area contributed by atoms with E-state index in [1.807, 2.05) is 0 Å². The highest BCUT2D eigenvalue weighted by molar-refractivity contribution is 7.16. The number of rotatable bonds is 4. The molecule has 2 aromatic heterocycles. The number of thiophene rings is 1. The Balaban J connectivity index is 2.18. The van der Waals surface area contributed by atoms with Crippen molar-refractivity contribution in [3.63, 3.8) is 0 Å². The number of hydrogen-bond donors (Lipinski definition) is 3. The first-order valence-corrected chi connectivity index (χ1v) is 6.49. The molecule has 0 aromatic carbocycles. The van der Waals surface area contributed by atoms with Gasteiger partial charge in [0.1, 0.15) is 11.6 Å². The molecule has 2 rings (SSSR count). The lowest BCUT2D eigenvalue weighted by atomic mass is 10.4. The molecule has 2 heterocycles. The molecule has 4 N–H and O–H groups in total. The van der Waals surface area contributed by atoms with Crippen molar-refractivity contribution < 1.29 is 13.2 Å². The second-order valence-electron chi connectivity index (χ2n) is 3.66. The molecule has 0 unspecified atom stereocenters. The van der Waals surface area contributed by atoms with Crippen molar-refractivity contribution in [1.82, 2.24) is 9.97 Å². The molecule has 0 saturated carbocycles. The summed E-state index contributed by atoms with van der Waals surface area (Å²) in [6.07, 6.45) is -4.64. The van der Waals surface area contributed by atoms with Gasteiger partial charge in [-0.25, -0.2) is 15.8 Å². The van der Waals surface area contributed by atoms with Gasteiger partial charge >= 0.3 is 6.18 Å². The van der Waals surface area contributed by atoms with Gasteiger partial charge in [-0.15, -0.1) is 11.3 Å². The first-order chi connectivity index (χ1) is 9.38. The fourth-order valence-electron chi connectivity index (χ4n) is 1.36. The molecule has 2 aromatic rings. The van der Waals surface area contributed by atoms with Crippen molar-refractivity contribution >= 4 is 34.6 Å². The Morgan fingerprint density at radius 1 is 1.25 bits per heavy atom. The topological polar surface area (TPSA) is 75.9 Å². The Kier molecular flexibility index (Phi) is 4.31. The Bertz CT molecular complexity index is 601. The summed E-state index contributed by atoms with van der Waals surface area (Å²) in [4.78, 5) is 7.52. The molecule has 0 atom stereocenters. The Morgan fingerprint density at radius 2 is 1.95 bits per heavy atom. The minimum Gasteiger partial charge on any atom is -0.365 e. The molecule has 0 spiro atoms. The van der Waals surface area contributed by atoms with Gasteiger partial charge in [0, 0.05) is 10.9 Å². The van der Waals surface area contributed by atoms with Crippen molar-refractivity contribution in [1.29, 1.82) is 0 Å². The minimum absolute atomic E-state index is 0.0183. The maximum absolute atomic E-state index is 12.6. The lowest BCUT2D eigenvalue weighted by Gasteiger charge is -2.10. The van der Waals surface area contributed by atoms with Gasteiger partial charge in [0.2, 0.25) is 5.82 Å². The zero-order valence-electron chi connectivity index (χ0n) is 9.83. The summed E-state index contributed by atoms with van der Waals surface area (Å²) in [7, 11) is 0. The fourth-order valence-corrected chi connectivity index (χ4v) is 2.39. The molecule has 10 heteroatoms. The summed E-state index contributed by atoms with van der Waals surface area (Å²) in [5, 5.41) is 2.77. The predicted molar refractivity (Wildman–Crippen MR) is 71.5 cm³/mol. The van der Waals surface area contributed by atoms with E-state index in [0.29, 0.717) is 10.9 Å². The lowest BCUT2D eigenvalue weighted by Crippen LogP contribution is -2.17. The van der Waals surface area contributed by atoms with E-state index >= 15 is 0 Å². The van der Waals surface area contributed by atoms with Crippen LogP contribution in [0.15, 0.2) is 18.2 Å². The monoisotopic (exact) mass is 323 g/mol. The van der Waals surface area contributed by atoms with Gasteiger partial charge in [-0.2, -0.15) is 13.2 Å². The molecule has 20 heavy (non-hydrogen) atoms. The Labute approximate surface area is 121 Å². The number of hydrogen-bond acceptors (Lipinski definition) is 6. The zero-order chi connectivity index (χ0) is 14.8. The van der Waals surface area contributed by atoms with Gasteiger partial charge in [-0.3, -0.25) is 0 Å². The van der Waals surface area contributed by atoms with Crippen molar-refractivity contribution in [2.75, 3.05) is 10.7 Å². The molecule has 0 aliphatic rings. The predicted octanol–water partition coefficient (Wildman–Crippen LogP) is 3.11. The van der Waals surface area contributed by atoms with E-state index < -0.39 is 12.0 Å². The average Bonchev–Trinajstić information content (AvgIpc) is 2.81. The van der Waals surface area contributed by atoms with Gasteiger partial charge < -0.3 is 10.7 Å². The number of nitrogens with zero attached hydrogens (tertiary/aromatic N) is 2. The zero-order valence-corrected chi connectivity index (χ0v) is 11.4. The SMILES string of the molecule is NNc1cc(NCc2ccc(Cl)s2)nc(C(F)(F)F)n1. The van der Waals surface area contributed by atoms with Gasteiger partial charge in [0.25, 0.3) is 0 Å². The Hall–Kier alpha value is -1.58. The van der Waals surface area contributed by atoms with Gasteiger partial charge in [0.05, 0.1) is 10.9 Å². The summed E-state index contributed by atoms with van der Waals surface area (Å²) in [5.41, 5.74) is 2.07. The van der Waals surface area contributed by atoms with Crippen LogP contribution in [0, 0.1) is 0 Å². The molecule has 5 nitrogen and oxygen atoms in total. The number of nitrogen functional groups attached to an aromatic ring is 1. The third-order valence-corrected chi connectivity index (χ3v) is 3.43.